The van der Waals surface area contributed by atoms with Gasteiger partial charge in [-0.1, -0.05) is 36.4 Å². The number of pyridine rings is 1. The van der Waals surface area contributed by atoms with E-state index in [0.717, 1.165) is 35.1 Å². The van der Waals surface area contributed by atoms with Crippen LogP contribution in [0.15, 0.2) is 71.4 Å². The number of carbonyl (C=O) groups excluding carboxylic acids is 1. The monoisotopic (exact) mass is 332 g/mol. The summed E-state index contributed by atoms with van der Waals surface area (Å²) in [6, 6.07) is 13.3. The molecule has 25 heavy (non-hydrogen) atoms. The Balaban J connectivity index is 1.62. The number of nitrogens with zero attached hydrogens (tertiary/aromatic N) is 1. The van der Waals surface area contributed by atoms with Crippen LogP contribution in [0.4, 0.5) is 0 Å². The van der Waals surface area contributed by atoms with Crippen LogP contribution in [0.25, 0.3) is 11.0 Å². The normalized spacial score (nSPS) is 17.7. The summed E-state index contributed by atoms with van der Waals surface area (Å²) in [5.74, 6) is 1.10. The molecule has 126 valence electrons. The number of para-hydroxylation sites is 1. The highest BCUT2D eigenvalue weighted by atomic mass is 16.3. The van der Waals surface area contributed by atoms with Gasteiger partial charge in [0.25, 0.3) is 0 Å². The zero-order chi connectivity index (χ0) is 17.1. The minimum absolute atomic E-state index is 0.0332. The first-order valence-electron chi connectivity index (χ1n) is 8.64. The van der Waals surface area contributed by atoms with Gasteiger partial charge in [0, 0.05) is 29.8 Å². The van der Waals surface area contributed by atoms with Gasteiger partial charge in [0.15, 0.2) is 0 Å². The van der Waals surface area contributed by atoms with Crippen molar-refractivity contribution in [1.82, 2.24) is 10.3 Å². The fourth-order valence-corrected chi connectivity index (χ4v) is 3.33. The van der Waals surface area contributed by atoms with Crippen molar-refractivity contribution >= 4 is 16.9 Å². The number of carbonyl (C=O) groups is 1. The molecule has 4 nitrogen and oxygen atoms in total. The zero-order valence-electron chi connectivity index (χ0n) is 13.9. The summed E-state index contributed by atoms with van der Waals surface area (Å²) in [7, 11) is 0. The Kier molecular flexibility index (Phi) is 4.34. The largest absolute Gasteiger partial charge is 0.459 e. The van der Waals surface area contributed by atoms with Gasteiger partial charge in [-0.25, -0.2) is 0 Å². The molecule has 0 bridgehead atoms. The fraction of sp³-hybridized carbons (Fsp3) is 0.238. The third kappa shape index (κ3) is 3.48. The molecule has 0 spiro atoms. The van der Waals surface area contributed by atoms with Crippen LogP contribution >= 0.6 is 0 Å². The van der Waals surface area contributed by atoms with Gasteiger partial charge in [0.05, 0.1) is 0 Å². The molecule has 0 saturated heterocycles. The van der Waals surface area contributed by atoms with Crippen molar-refractivity contribution in [2.75, 3.05) is 0 Å². The second kappa shape index (κ2) is 6.93. The van der Waals surface area contributed by atoms with Crippen molar-refractivity contribution in [3.8, 4) is 0 Å². The molecule has 2 heterocycles. The third-order valence-corrected chi connectivity index (χ3v) is 4.61. The number of hydrogen-bond donors (Lipinski definition) is 1. The summed E-state index contributed by atoms with van der Waals surface area (Å²) in [6.07, 6.45) is 10.4. The zero-order valence-corrected chi connectivity index (χ0v) is 13.9. The molecule has 1 aliphatic rings. The maximum Gasteiger partial charge on any atom is 0.221 e. The lowest BCUT2D eigenvalue weighted by Crippen LogP contribution is -2.30. The van der Waals surface area contributed by atoms with Gasteiger partial charge in [0.1, 0.15) is 17.4 Å². The van der Waals surface area contributed by atoms with Crippen LogP contribution in [0.3, 0.4) is 0 Å². The predicted octanol–water partition coefficient (Wildman–Crippen LogP) is 4.39. The Morgan fingerprint density at radius 3 is 2.96 bits per heavy atom. The highest BCUT2D eigenvalue weighted by Gasteiger charge is 2.23. The van der Waals surface area contributed by atoms with Gasteiger partial charge >= 0.3 is 0 Å². The maximum absolute atomic E-state index is 12.6. The van der Waals surface area contributed by atoms with Gasteiger partial charge in [-0.3, -0.25) is 9.78 Å². The third-order valence-electron chi connectivity index (χ3n) is 4.61. The number of nitrogens with one attached hydrogen (secondary N) is 1. The molecule has 4 heteroatoms. The lowest BCUT2D eigenvalue weighted by Gasteiger charge is -2.18. The minimum atomic E-state index is -0.334. The van der Waals surface area contributed by atoms with Gasteiger partial charge in [-0.2, -0.15) is 0 Å². The summed E-state index contributed by atoms with van der Waals surface area (Å²) < 4.78 is 6.00. The van der Waals surface area contributed by atoms with Crippen LogP contribution in [0.5, 0.6) is 0 Å². The molecule has 2 aromatic heterocycles. The van der Waals surface area contributed by atoms with Gasteiger partial charge in [-0.05, 0) is 37.0 Å². The minimum Gasteiger partial charge on any atom is -0.459 e. The molecule has 0 unspecified atom stereocenters. The molecule has 0 radical (unpaired) electrons. The number of benzene rings is 1. The van der Waals surface area contributed by atoms with E-state index in [1.54, 1.807) is 12.4 Å². The summed E-state index contributed by atoms with van der Waals surface area (Å²) in [4.78, 5) is 16.8. The predicted molar refractivity (Wildman–Crippen MR) is 96.9 cm³/mol. The van der Waals surface area contributed by atoms with Gasteiger partial charge in [0.2, 0.25) is 5.91 Å². The Bertz CT molecular complexity index is 865. The molecule has 2 atom stereocenters. The number of amides is 1. The van der Waals surface area contributed by atoms with E-state index in [0.29, 0.717) is 12.3 Å². The quantitative estimate of drug-likeness (QED) is 0.705. The lowest BCUT2D eigenvalue weighted by molar-refractivity contribution is -0.122. The molecule has 1 N–H and O–H groups in total. The molecule has 0 saturated carbocycles. The highest BCUT2D eigenvalue weighted by molar-refractivity contribution is 5.80. The first-order valence-corrected chi connectivity index (χ1v) is 8.64. The first kappa shape index (κ1) is 15.6. The van der Waals surface area contributed by atoms with E-state index in [2.05, 4.69) is 22.5 Å². The van der Waals surface area contributed by atoms with Crippen molar-refractivity contribution in [3.63, 3.8) is 0 Å². The van der Waals surface area contributed by atoms with E-state index in [1.807, 2.05) is 42.5 Å². The number of hydrogen-bond acceptors (Lipinski definition) is 3. The van der Waals surface area contributed by atoms with Gasteiger partial charge in [-0.15, -0.1) is 0 Å². The van der Waals surface area contributed by atoms with Crippen molar-refractivity contribution in [2.45, 2.75) is 25.3 Å². The molecule has 3 aromatic rings. The van der Waals surface area contributed by atoms with Crippen LogP contribution in [-0.2, 0) is 4.79 Å². The number of fused-ring (bicyclic) bond motifs is 1. The SMILES string of the molecule is O=C(C[C@@H]1C=CCC1)N[C@H](c1cccnc1)c1cc2ccccc2o1. The van der Waals surface area contributed by atoms with Crippen LogP contribution in [-0.4, -0.2) is 10.9 Å². The Hall–Kier alpha value is -2.88. The van der Waals surface area contributed by atoms with Crippen molar-refractivity contribution in [2.24, 2.45) is 5.92 Å². The Morgan fingerprint density at radius 1 is 1.28 bits per heavy atom. The first-order chi connectivity index (χ1) is 12.3. The standard InChI is InChI=1S/C21H20N2O2/c24-20(12-15-6-1-2-7-15)23-21(17-9-5-11-22-14-17)19-13-16-8-3-4-10-18(16)25-19/h1,3-6,8-11,13-15,21H,2,7,12H2,(H,23,24)/t15-,21-/m1/s1. The van der Waals surface area contributed by atoms with E-state index < -0.39 is 0 Å². The summed E-state index contributed by atoms with van der Waals surface area (Å²) in [5.41, 5.74) is 1.73. The van der Waals surface area contributed by atoms with E-state index in [-0.39, 0.29) is 11.9 Å². The van der Waals surface area contributed by atoms with Crippen LogP contribution in [0, 0.1) is 5.92 Å². The second-order valence-corrected chi connectivity index (χ2v) is 6.44. The molecule has 0 fully saturated rings. The number of allylic oxidation sites excluding steroid dienone is 2. The maximum atomic E-state index is 12.6. The van der Waals surface area contributed by atoms with E-state index in [4.69, 9.17) is 4.42 Å². The summed E-state index contributed by atoms with van der Waals surface area (Å²) >= 11 is 0. The number of rotatable bonds is 5. The van der Waals surface area contributed by atoms with Gasteiger partial charge < -0.3 is 9.73 Å². The van der Waals surface area contributed by atoms with Crippen molar-refractivity contribution in [1.29, 1.82) is 0 Å². The van der Waals surface area contributed by atoms with E-state index >= 15 is 0 Å². The van der Waals surface area contributed by atoms with E-state index in [1.165, 1.54) is 0 Å². The Labute approximate surface area is 146 Å². The molecular weight excluding hydrogens is 312 g/mol. The molecule has 0 aliphatic heterocycles. The van der Waals surface area contributed by atoms with Crippen molar-refractivity contribution < 1.29 is 9.21 Å². The molecule has 4 rings (SSSR count). The smallest absolute Gasteiger partial charge is 0.221 e. The number of furan rings is 1. The average molecular weight is 332 g/mol. The van der Waals surface area contributed by atoms with Crippen LogP contribution < -0.4 is 5.32 Å². The lowest BCUT2D eigenvalue weighted by atomic mass is 10.0. The fourth-order valence-electron chi connectivity index (χ4n) is 3.33. The average Bonchev–Trinajstić information content (AvgIpc) is 3.29. The highest BCUT2D eigenvalue weighted by Crippen LogP contribution is 2.28. The van der Waals surface area contributed by atoms with E-state index in [9.17, 15) is 4.79 Å². The van der Waals surface area contributed by atoms with Crippen LogP contribution in [0.2, 0.25) is 0 Å². The molecule has 1 aromatic carbocycles. The molecule has 1 amide bonds. The number of aromatic nitrogens is 1. The van der Waals surface area contributed by atoms with Crippen LogP contribution in [0.1, 0.15) is 36.6 Å². The Morgan fingerprint density at radius 2 is 2.20 bits per heavy atom. The summed E-state index contributed by atoms with van der Waals surface area (Å²) in [5, 5.41) is 4.16. The topological polar surface area (TPSA) is 55.1 Å². The second-order valence-electron chi connectivity index (χ2n) is 6.44. The van der Waals surface area contributed by atoms with Crippen molar-refractivity contribution in [3.05, 3.63) is 78.3 Å². The molecular formula is C21H20N2O2. The summed E-state index contributed by atoms with van der Waals surface area (Å²) in [6.45, 7) is 0. The molecule has 1 aliphatic carbocycles.